The molecule has 0 spiro atoms. The Morgan fingerprint density at radius 2 is 2.37 bits per heavy atom. The summed E-state index contributed by atoms with van der Waals surface area (Å²) in [5.74, 6) is -1.31. The van der Waals surface area contributed by atoms with E-state index < -0.39 is 12.0 Å². The molecule has 0 aliphatic carbocycles. The van der Waals surface area contributed by atoms with Gasteiger partial charge in [0.2, 0.25) is 5.91 Å². The quantitative estimate of drug-likeness (QED) is 0.731. The Balaban J connectivity index is 2.10. The normalized spacial score (nSPS) is 12.3. The largest absolute Gasteiger partial charge is 0.480 e. The molecule has 8 nitrogen and oxygen atoms in total. The lowest BCUT2D eigenvalue weighted by molar-refractivity contribution is -0.140. The summed E-state index contributed by atoms with van der Waals surface area (Å²) >= 11 is 1.20. The van der Waals surface area contributed by atoms with Gasteiger partial charge in [0.05, 0.1) is 0 Å². The standard InChI is InChI=1S/C10H11N5O3S/c1-6(16)13-7(10(17)18)4-19-9-8-14-12-5-15(8)3-2-11-9/h2-3,5,7H,4H2,1H3,(H,13,16)(H,17,18). The van der Waals surface area contributed by atoms with Crippen molar-refractivity contribution in [2.75, 3.05) is 5.75 Å². The average Bonchev–Trinajstić information content (AvgIpc) is 2.82. The van der Waals surface area contributed by atoms with Crippen molar-refractivity contribution in [1.29, 1.82) is 0 Å². The molecule has 2 aromatic rings. The van der Waals surface area contributed by atoms with E-state index in [4.69, 9.17) is 5.11 Å². The molecule has 2 N–H and O–H groups in total. The number of rotatable bonds is 5. The fraction of sp³-hybridized carbons (Fsp3) is 0.300. The Morgan fingerprint density at radius 3 is 3.05 bits per heavy atom. The number of aliphatic carboxylic acids is 1. The van der Waals surface area contributed by atoms with Gasteiger partial charge in [0.15, 0.2) is 5.65 Å². The van der Waals surface area contributed by atoms with Crippen molar-refractivity contribution < 1.29 is 14.7 Å². The monoisotopic (exact) mass is 281 g/mol. The maximum Gasteiger partial charge on any atom is 0.327 e. The minimum absolute atomic E-state index is 0.161. The zero-order chi connectivity index (χ0) is 13.8. The number of thioether (sulfide) groups is 1. The molecule has 0 aliphatic rings. The molecule has 19 heavy (non-hydrogen) atoms. The summed E-state index contributed by atoms with van der Waals surface area (Å²) in [6, 6.07) is -0.965. The van der Waals surface area contributed by atoms with Crippen LogP contribution >= 0.6 is 11.8 Å². The molecule has 100 valence electrons. The molecular formula is C10H11N5O3S. The first kappa shape index (κ1) is 13.3. The van der Waals surface area contributed by atoms with Crippen LogP contribution in [0.5, 0.6) is 0 Å². The van der Waals surface area contributed by atoms with Gasteiger partial charge in [0, 0.05) is 25.1 Å². The molecule has 0 aromatic carbocycles. The Morgan fingerprint density at radius 1 is 1.58 bits per heavy atom. The number of carboxylic acids is 1. The first-order valence-electron chi connectivity index (χ1n) is 5.35. The summed E-state index contributed by atoms with van der Waals surface area (Å²) in [4.78, 5) is 26.0. The maximum atomic E-state index is 11.0. The van der Waals surface area contributed by atoms with E-state index in [1.165, 1.54) is 25.0 Å². The first-order chi connectivity index (χ1) is 9.08. The third-order valence-electron chi connectivity index (χ3n) is 2.25. The van der Waals surface area contributed by atoms with Crippen molar-refractivity contribution in [3.05, 3.63) is 18.7 Å². The highest BCUT2D eigenvalue weighted by molar-refractivity contribution is 7.99. The number of aromatic nitrogens is 4. The zero-order valence-corrected chi connectivity index (χ0v) is 10.8. The molecule has 0 saturated carbocycles. The van der Waals surface area contributed by atoms with Crippen LogP contribution in [0, 0.1) is 0 Å². The highest BCUT2D eigenvalue weighted by Crippen LogP contribution is 2.19. The van der Waals surface area contributed by atoms with Gasteiger partial charge in [-0.3, -0.25) is 9.20 Å². The molecule has 2 aromatic heterocycles. The Bertz CT molecular complexity index is 614. The first-order valence-corrected chi connectivity index (χ1v) is 6.33. The number of carbonyl (C=O) groups excluding carboxylic acids is 1. The number of nitrogens with zero attached hydrogens (tertiary/aromatic N) is 4. The third-order valence-corrected chi connectivity index (χ3v) is 3.31. The topological polar surface area (TPSA) is 109 Å². The van der Waals surface area contributed by atoms with Gasteiger partial charge in [-0.2, -0.15) is 0 Å². The summed E-state index contributed by atoms with van der Waals surface area (Å²) in [7, 11) is 0. The second-order valence-electron chi connectivity index (χ2n) is 3.70. The molecule has 1 atom stereocenters. The molecule has 0 fully saturated rings. The van der Waals surface area contributed by atoms with Crippen molar-refractivity contribution in [2.45, 2.75) is 18.0 Å². The highest BCUT2D eigenvalue weighted by Gasteiger charge is 2.19. The summed E-state index contributed by atoms with van der Waals surface area (Å²) in [6.45, 7) is 1.28. The van der Waals surface area contributed by atoms with Crippen LogP contribution in [-0.2, 0) is 9.59 Å². The Hall–Kier alpha value is -2.16. The maximum absolute atomic E-state index is 11.0. The van der Waals surface area contributed by atoms with Gasteiger partial charge in [0.25, 0.3) is 0 Å². The van der Waals surface area contributed by atoms with Crippen LogP contribution in [0.3, 0.4) is 0 Å². The molecule has 1 unspecified atom stereocenters. The van der Waals surface area contributed by atoms with E-state index >= 15 is 0 Å². The highest BCUT2D eigenvalue weighted by atomic mass is 32.2. The second kappa shape index (κ2) is 5.65. The van der Waals surface area contributed by atoms with Crippen LogP contribution in [-0.4, -0.2) is 48.4 Å². The van der Waals surface area contributed by atoms with Crippen LogP contribution in [0.2, 0.25) is 0 Å². The number of fused-ring (bicyclic) bond motifs is 1. The lowest BCUT2D eigenvalue weighted by Crippen LogP contribution is -2.41. The molecule has 2 rings (SSSR count). The van der Waals surface area contributed by atoms with Crippen LogP contribution in [0.4, 0.5) is 0 Å². The van der Waals surface area contributed by atoms with Crippen LogP contribution < -0.4 is 5.32 Å². The smallest absolute Gasteiger partial charge is 0.327 e. The second-order valence-corrected chi connectivity index (χ2v) is 4.71. The Kier molecular flexibility index (Phi) is 3.95. The number of hydrogen-bond donors (Lipinski definition) is 2. The number of nitrogens with one attached hydrogen (secondary N) is 1. The van der Waals surface area contributed by atoms with E-state index in [0.29, 0.717) is 10.7 Å². The van der Waals surface area contributed by atoms with Gasteiger partial charge in [-0.1, -0.05) is 11.8 Å². The molecule has 0 aliphatic heterocycles. The molecule has 2 heterocycles. The minimum Gasteiger partial charge on any atom is -0.480 e. The average molecular weight is 281 g/mol. The number of carboxylic acid groups (broad SMARTS) is 1. The SMILES string of the molecule is CC(=O)NC(CSc1nccn2cnnc12)C(=O)O. The van der Waals surface area contributed by atoms with Crippen molar-refractivity contribution >= 4 is 29.3 Å². The number of carbonyl (C=O) groups is 2. The summed E-state index contributed by atoms with van der Waals surface area (Å²) < 4.78 is 1.68. The van der Waals surface area contributed by atoms with E-state index in [1.54, 1.807) is 16.8 Å². The zero-order valence-electron chi connectivity index (χ0n) is 9.98. The molecular weight excluding hydrogens is 270 g/mol. The summed E-state index contributed by atoms with van der Waals surface area (Å²) in [5, 5.41) is 19.6. The van der Waals surface area contributed by atoms with Crippen LogP contribution in [0.25, 0.3) is 5.65 Å². The van der Waals surface area contributed by atoms with E-state index in [-0.39, 0.29) is 11.7 Å². The predicted molar refractivity (Wildman–Crippen MR) is 66.7 cm³/mol. The minimum atomic E-state index is -1.09. The molecule has 0 saturated heterocycles. The van der Waals surface area contributed by atoms with E-state index in [0.717, 1.165) is 0 Å². The van der Waals surface area contributed by atoms with Gasteiger partial charge >= 0.3 is 5.97 Å². The van der Waals surface area contributed by atoms with Crippen LogP contribution in [0.15, 0.2) is 23.7 Å². The van der Waals surface area contributed by atoms with Crippen molar-refractivity contribution in [3.63, 3.8) is 0 Å². The molecule has 9 heteroatoms. The van der Waals surface area contributed by atoms with Gasteiger partial charge in [-0.05, 0) is 0 Å². The third kappa shape index (κ3) is 3.19. The number of amides is 1. The lowest BCUT2D eigenvalue weighted by atomic mass is 10.3. The molecule has 1 amide bonds. The van der Waals surface area contributed by atoms with Gasteiger partial charge in [-0.15, -0.1) is 10.2 Å². The van der Waals surface area contributed by atoms with Gasteiger partial charge in [0.1, 0.15) is 17.4 Å². The lowest BCUT2D eigenvalue weighted by Gasteiger charge is -2.12. The number of hydrogen-bond acceptors (Lipinski definition) is 6. The molecule has 0 radical (unpaired) electrons. The van der Waals surface area contributed by atoms with Gasteiger partial charge in [-0.25, -0.2) is 9.78 Å². The molecule has 0 bridgehead atoms. The Labute approximate surface area is 112 Å². The van der Waals surface area contributed by atoms with E-state index in [2.05, 4.69) is 20.5 Å². The van der Waals surface area contributed by atoms with E-state index in [9.17, 15) is 9.59 Å². The van der Waals surface area contributed by atoms with Crippen molar-refractivity contribution in [3.8, 4) is 0 Å². The van der Waals surface area contributed by atoms with Crippen molar-refractivity contribution in [1.82, 2.24) is 24.9 Å². The fourth-order valence-corrected chi connectivity index (χ4v) is 2.38. The summed E-state index contributed by atoms with van der Waals surface area (Å²) in [5.41, 5.74) is 0.555. The van der Waals surface area contributed by atoms with Crippen molar-refractivity contribution in [2.24, 2.45) is 0 Å². The fourth-order valence-electron chi connectivity index (χ4n) is 1.42. The van der Waals surface area contributed by atoms with E-state index in [1.807, 2.05) is 0 Å². The van der Waals surface area contributed by atoms with Gasteiger partial charge < -0.3 is 10.4 Å². The van der Waals surface area contributed by atoms with Crippen LogP contribution in [0.1, 0.15) is 6.92 Å². The predicted octanol–water partition coefficient (Wildman–Crippen LogP) is -0.194. The summed E-state index contributed by atoms with van der Waals surface area (Å²) in [6.07, 6.45) is 4.80.